The average Bonchev–Trinajstić information content (AvgIpc) is 2.72. The van der Waals surface area contributed by atoms with Crippen molar-refractivity contribution in [1.82, 2.24) is 14.9 Å². The van der Waals surface area contributed by atoms with Gasteiger partial charge in [0.2, 0.25) is 11.9 Å². The van der Waals surface area contributed by atoms with Crippen LogP contribution in [0.25, 0.3) is 0 Å². The van der Waals surface area contributed by atoms with Gasteiger partial charge >= 0.3 is 0 Å². The van der Waals surface area contributed by atoms with E-state index in [2.05, 4.69) is 9.88 Å². The summed E-state index contributed by atoms with van der Waals surface area (Å²) in [4.78, 5) is 26.0. The number of halogens is 1. The van der Waals surface area contributed by atoms with Crippen LogP contribution in [-0.4, -0.2) is 53.6 Å². The second-order valence-electron chi connectivity index (χ2n) is 6.94. The van der Waals surface area contributed by atoms with E-state index in [1.165, 1.54) is 0 Å². The summed E-state index contributed by atoms with van der Waals surface area (Å²) in [5, 5.41) is 0.708. The fraction of sp³-hybridized carbons (Fsp3) is 0.450. The Kier molecular flexibility index (Phi) is 5.55. The highest BCUT2D eigenvalue weighted by atomic mass is 35.5. The number of hydrogen-bond donors (Lipinski definition) is 0. The third kappa shape index (κ3) is 4.39. The molecule has 0 atom stereocenters. The van der Waals surface area contributed by atoms with Gasteiger partial charge in [0, 0.05) is 37.3 Å². The van der Waals surface area contributed by atoms with Crippen LogP contribution >= 0.6 is 11.6 Å². The Morgan fingerprint density at radius 3 is 2.89 bits per heavy atom. The molecule has 1 fully saturated rings. The summed E-state index contributed by atoms with van der Waals surface area (Å²) in [6.45, 7) is 4.30. The lowest BCUT2D eigenvalue weighted by Crippen LogP contribution is -2.39. The Balaban J connectivity index is 1.40. The quantitative estimate of drug-likeness (QED) is 0.808. The molecule has 0 saturated carbocycles. The molecule has 0 bridgehead atoms. The number of nitrogens with zero attached hydrogens (tertiary/aromatic N) is 4. The number of benzene rings is 1. The molecule has 142 valence electrons. The molecule has 0 aliphatic carbocycles. The molecule has 2 aliphatic heterocycles. The van der Waals surface area contributed by atoms with Crippen LogP contribution in [0.3, 0.4) is 0 Å². The number of carbonyl (C=O) groups is 1. The van der Waals surface area contributed by atoms with Gasteiger partial charge in [0.05, 0.1) is 25.5 Å². The molecule has 0 N–H and O–H groups in total. The zero-order valence-electron chi connectivity index (χ0n) is 15.2. The number of aromatic nitrogens is 2. The van der Waals surface area contributed by atoms with Gasteiger partial charge in [-0.05, 0) is 36.1 Å². The van der Waals surface area contributed by atoms with E-state index < -0.39 is 0 Å². The minimum Gasteiger partial charge on any atom is -0.378 e. The number of anilines is 1. The highest BCUT2D eigenvalue weighted by Gasteiger charge is 2.23. The second-order valence-corrected chi connectivity index (χ2v) is 7.37. The lowest BCUT2D eigenvalue weighted by molar-refractivity contribution is -0.132. The predicted octanol–water partition coefficient (Wildman–Crippen LogP) is 2.48. The Morgan fingerprint density at radius 1 is 1.22 bits per heavy atom. The van der Waals surface area contributed by atoms with Gasteiger partial charge in [-0.2, -0.15) is 0 Å². The van der Waals surface area contributed by atoms with Crippen LogP contribution in [-0.2, 0) is 28.9 Å². The molecule has 27 heavy (non-hydrogen) atoms. The molecule has 2 aromatic rings. The first-order chi connectivity index (χ1) is 13.2. The monoisotopic (exact) mass is 386 g/mol. The SMILES string of the molecule is O=C(CCc1cccc(Cl)c1)N1CCc2cnc(N3CCOCC3)nc2C1. The number of carbonyl (C=O) groups excluding carboxylic acids is 1. The number of ether oxygens (including phenoxy) is 1. The molecule has 0 unspecified atom stereocenters. The van der Waals surface area contributed by atoms with Gasteiger partial charge in [0.15, 0.2) is 0 Å². The molecule has 7 heteroatoms. The van der Waals surface area contributed by atoms with Crippen LogP contribution in [0.2, 0.25) is 5.02 Å². The lowest BCUT2D eigenvalue weighted by atomic mass is 10.1. The number of aryl methyl sites for hydroxylation is 1. The number of morpholine rings is 1. The minimum absolute atomic E-state index is 0.159. The third-order valence-corrected chi connectivity index (χ3v) is 5.33. The van der Waals surface area contributed by atoms with Gasteiger partial charge in [-0.25, -0.2) is 9.97 Å². The van der Waals surface area contributed by atoms with Crippen molar-refractivity contribution in [2.24, 2.45) is 0 Å². The van der Waals surface area contributed by atoms with E-state index in [0.717, 1.165) is 48.8 Å². The Bertz CT molecular complexity index is 823. The van der Waals surface area contributed by atoms with E-state index in [-0.39, 0.29) is 5.91 Å². The lowest BCUT2D eigenvalue weighted by Gasteiger charge is -2.30. The maximum absolute atomic E-state index is 12.7. The molecule has 1 aromatic carbocycles. The number of rotatable bonds is 4. The van der Waals surface area contributed by atoms with E-state index in [4.69, 9.17) is 21.3 Å². The molecule has 3 heterocycles. The Hall–Kier alpha value is -2.18. The smallest absolute Gasteiger partial charge is 0.225 e. The highest BCUT2D eigenvalue weighted by molar-refractivity contribution is 6.30. The van der Waals surface area contributed by atoms with E-state index >= 15 is 0 Å². The van der Waals surface area contributed by atoms with Gasteiger partial charge in [-0.3, -0.25) is 4.79 Å². The molecular weight excluding hydrogens is 364 g/mol. The molecule has 1 saturated heterocycles. The normalized spacial score (nSPS) is 16.9. The summed E-state index contributed by atoms with van der Waals surface area (Å²) in [5.41, 5.74) is 3.20. The topological polar surface area (TPSA) is 58.6 Å². The molecule has 0 radical (unpaired) electrons. The van der Waals surface area contributed by atoms with E-state index in [0.29, 0.717) is 37.6 Å². The molecular formula is C20H23ClN4O2. The van der Waals surface area contributed by atoms with Gasteiger partial charge < -0.3 is 14.5 Å². The predicted molar refractivity (Wildman–Crippen MR) is 104 cm³/mol. The van der Waals surface area contributed by atoms with E-state index in [1.54, 1.807) is 0 Å². The van der Waals surface area contributed by atoms with Crippen LogP contribution in [0.1, 0.15) is 23.2 Å². The van der Waals surface area contributed by atoms with Gasteiger partial charge in [0.25, 0.3) is 0 Å². The zero-order valence-corrected chi connectivity index (χ0v) is 16.0. The highest BCUT2D eigenvalue weighted by Crippen LogP contribution is 2.21. The maximum atomic E-state index is 12.7. The van der Waals surface area contributed by atoms with Crippen molar-refractivity contribution < 1.29 is 9.53 Å². The van der Waals surface area contributed by atoms with Crippen molar-refractivity contribution >= 4 is 23.5 Å². The molecule has 4 rings (SSSR count). The van der Waals surface area contributed by atoms with Crippen LogP contribution in [0.4, 0.5) is 5.95 Å². The summed E-state index contributed by atoms with van der Waals surface area (Å²) < 4.78 is 5.39. The maximum Gasteiger partial charge on any atom is 0.225 e. The van der Waals surface area contributed by atoms with Gasteiger partial charge in [-0.15, -0.1) is 0 Å². The van der Waals surface area contributed by atoms with Crippen LogP contribution < -0.4 is 4.90 Å². The number of amides is 1. The average molecular weight is 387 g/mol. The van der Waals surface area contributed by atoms with E-state index in [1.807, 2.05) is 35.4 Å². The number of hydrogen-bond acceptors (Lipinski definition) is 5. The van der Waals surface area contributed by atoms with Crippen molar-refractivity contribution in [3.05, 3.63) is 52.3 Å². The first-order valence-corrected chi connectivity index (χ1v) is 9.76. The summed E-state index contributed by atoms with van der Waals surface area (Å²) in [6.07, 6.45) is 3.91. The number of fused-ring (bicyclic) bond motifs is 1. The van der Waals surface area contributed by atoms with Crippen molar-refractivity contribution in [3.8, 4) is 0 Å². The fourth-order valence-corrected chi connectivity index (χ4v) is 3.74. The second kappa shape index (κ2) is 8.23. The molecule has 0 spiro atoms. The summed E-state index contributed by atoms with van der Waals surface area (Å²) in [5.74, 6) is 0.900. The van der Waals surface area contributed by atoms with Crippen LogP contribution in [0, 0.1) is 0 Å². The summed E-state index contributed by atoms with van der Waals surface area (Å²) >= 11 is 6.02. The van der Waals surface area contributed by atoms with Gasteiger partial charge in [-0.1, -0.05) is 23.7 Å². The van der Waals surface area contributed by atoms with Crippen molar-refractivity contribution in [2.75, 3.05) is 37.7 Å². The minimum atomic E-state index is 0.159. The molecule has 6 nitrogen and oxygen atoms in total. The summed E-state index contributed by atoms with van der Waals surface area (Å²) in [6, 6.07) is 7.69. The fourth-order valence-electron chi connectivity index (χ4n) is 3.52. The van der Waals surface area contributed by atoms with E-state index in [9.17, 15) is 4.79 Å². The van der Waals surface area contributed by atoms with Crippen LogP contribution in [0.15, 0.2) is 30.5 Å². The third-order valence-electron chi connectivity index (χ3n) is 5.10. The largest absolute Gasteiger partial charge is 0.378 e. The zero-order chi connectivity index (χ0) is 18.6. The van der Waals surface area contributed by atoms with Crippen molar-refractivity contribution in [3.63, 3.8) is 0 Å². The van der Waals surface area contributed by atoms with Crippen molar-refractivity contribution in [2.45, 2.75) is 25.8 Å². The molecule has 1 amide bonds. The molecule has 1 aromatic heterocycles. The first kappa shape index (κ1) is 18.2. The van der Waals surface area contributed by atoms with Gasteiger partial charge in [0.1, 0.15) is 0 Å². The summed E-state index contributed by atoms with van der Waals surface area (Å²) in [7, 11) is 0. The Labute approximate surface area is 164 Å². The first-order valence-electron chi connectivity index (χ1n) is 9.39. The molecule has 2 aliphatic rings. The van der Waals surface area contributed by atoms with Crippen LogP contribution in [0.5, 0.6) is 0 Å². The standard InChI is InChI=1S/C20H23ClN4O2/c21-17-3-1-2-15(12-17)4-5-19(26)25-7-6-16-13-22-20(23-18(16)14-25)24-8-10-27-11-9-24/h1-3,12-13H,4-11,14H2. The Morgan fingerprint density at radius 2 is 2.07 bits per heavy atom. The van der Waals surface area contributed by atoms with Crippen molar-refractivity contribution in [1.29, 1.82) is 0 Å².